The maximum absolute atomic E-state index is 11.7. The second-order valence-electron chi connectivity index (χ2n) is 4.75. The fourth-order valence-corrected chi connectivity index (χ4v) is 1.47. The fourth-order valence-electron chi connectivity index (χ4n) is 1.47. The van der Waals surface area contributed by atoms with Crippen LogP contribution in [-0.4, -0.2) is 29.3 Å². The second kappa shape index (κ2) is 7.01. The topological polar surface area (TPSA) is 86.7 Å². The van der Waals surface area contributed by atoms with Gasteiger partial charge >= 0.3 is 11.9 Å². The van der Waals surface area contributed by atoms with Crippen LogP contribution in [0.15, 0.2) is 0 Å². The molecule has 0 spiro atoms. The molecule has 6 heteroatoms. The molecule has 1 unspecified atom stereocenters. The Labute approximate surface area is 112 Å². The fraction of sp³-hybridized carbons (Fsp3) is 0.692. The first-order valence-electron chi connectivity index (χ1n) is 6.03. The van der Waals surface area contributed by atoms with Gasteiger partial charge in [-0.1, -0.05) is 6.92 Å². The summed E-state index contributed by atoms with van der Waals surface area (Å²) in [5, 5.41) is 0. The van der Waals surface area contributed by atoms with Crippen molar-refractivity contribution in [3.63, 3.8) is 0 Å². The summed E-state index contributed by atoms with van der Waals surface area (Å²) in [6.45, 7) is 6.97. The van der Waals surface area contributed by atoms with Crippen LogP contribution >= 0.6 is 0 Å². The number of rotatable bonds is 7. The Kier molecular flexibility index (Phi) is 6.38. The van der Waals surface area contributed by atoms with Gasteiger partial charge in [0.05, 0.1) is 0 Å². The minimum atomic E-state index is -1.51. The van der Waals surface area contributed by atoms with Gasteiger partial charge < -0.3 is 9.47 Å². The molecule has 0 aromatic heterocycles. The van der Waals surface area contributed by atoms with Gasteiger partial charge in [0, 0.05) is 13.8 Å². The number of ether oxygens (including phenoxy) is 2. The number of hydrogen-bond acceptors (Lipinski definition) is 6. The second-order valence-corrected chi connectivity index (χ2v) is 4.75. The zero-order chi connectivity index (χ0) is 15.2. The molecule has 0 aliphatic heterocycles. The average Bonchev–Trinajstić information content (AvgIpc) is 2.13. The van der Waals surface area contributed by atoms with E-state index < -0.39 is 23.6 Å². The molecule has 0 aromatic rings. The van der Waals surface area contributed by atoms with Gasteiger partial charge in [-0.2, -0.15) is 0 Å². The van der Waals surface area contributed by atoms with E-state index in [9.17, 15) is 19.2 Å². The van der Waals surface area contributed by atoms with Crippen molar-refractivity contribution in [1.29, 1.82) is 0 Å². The molecule has 0 N–H and O–H groups in total. The lowest BCUT2D eigenvalue weighted by molar-refractivity contribution is -0.218. The number of Topliss-reactive ketones (excluding diaryl/α,β-unsaturated/α-hetero) is 2. The monoisotopic (exact) mass is 272 g/mol. The molecule has 0 aliphatic rings. The normalized spacial score (nSPS) is 12.5. The summed E-state index contributed by atoms with van der Waals surface area (Å²) in [5.41, 5.74) is 0. The molecular formula is C13H20O6. The van der Waals surface area contributed by atoms with E-state index in [1.807, 2.05) is 0 Å². The van der Waals surface area contributed by atoms with Gasteiger partial charge in [-0.25, -0.2) is 0 Å². The van der Waals surface area contributed by atoms with Crippen molar-refractivity contribution in [1.82, 2.24) is 0 Å². The highest BCUT2D eigenvalue weighted by Crippen LogP contribution is 2.17. The minimum absolute atomic E-state index is 0.307. The molecule has 0 aromatic carbocycles. The Bertz CT molecular complexity index is 383. The Morgan fingerprint density at radius 3 is 1.95 bits per heavy atom. The summed E-state index contributed by atoms with van der Waals surface area (Å²) < 4.78 is 9.87. The van der Waals surface area contributed by atoms with E-state index in [1.165, 1.54) is 27.7 Å². The van der Waals surface area contributed by atoms with Crippen molar-refractivity contribution in [2.24, 2.45) is 5.92 Å². The summed E-state index contributed by atoms with van der Waals surface area (Å²) in [5.74, 6) is -4.55. The van der Waals surface area contributed by atoms with E-state index in [1.54, 1.807) is 6.92 Å². The van der Waals surface area contributed by atoms with Crippen molar-refractivity contribution >= 4 is 23.5 Å². The van der Waals surface area contributed by atoms with Gasteiger partial charge in [0.25, 0.3) is 5.79 Å². The highest BCUT2D eigenvalue weighted by Gasteiger charge is 2.32. The zero-order valence-corrected chi connectivity index (χ0v) is 11.9. The van der Waals surface area contributed by atoms with Crippen LogP contribution in [0.25, 0.3) is 0 Å². The molecule has 0 fully saturated rings. The van der Waals surface area contributed by atoms with Crippen LogP contribution in [0.4, 0.5) is 0 Å². The standard InChI is InChI=1S/C13H20O6/c1-6-10(9(3)15)12(17)19-13(4,5)18-11(16)7-8(2)14/h10H,6-7H2,1-5H3. The van der Waals surface area contributed by atoms with E-state index in [2.05, 4.69) is 0 Å². The Hall–Kier alpha value is -1.72. The van der Waals surface area contributed by atoms with Crippen LogP contribution in [0.3, 0.4) is 0 Å². The molecule has 0 heterocycles. The third kappa shape index (κ3) is 6.69. The van der Waals surface area contributed by atoms with E-state index in [0.29, 0.717) is 6.42 Å². The van der Waals surface area contributed by atoms with Crippen LogP contribution in [-0.2, 0) is 28.7 Å². The number of hydrogen-bond donors (Lipinski definition) is 0. The molecular weight excluding hydrogens is 252 g/mol. The average molecular weight is 272 g/mol. The lowest BCUT2D eigenvalue weighted by atomic mass is 10.0. The van der Waals surface area contributed by atoms with E-state index in [-0.39, 0.29) is 18.0 Å². The third-order valence-corrected chi connectivity index (χ3v) is 2.28. The van der Waals surface area contributed by atoms with Crippen molar-refractivity contribution in [3.05, 3.63) is 0 Å². The van der Waals surface area contributed by atoms with Gasteiger partial charge in [-0.05, 0) is 20.3 Å². The van der Waals surface area contributed by atoms with Crippen LogP contribution in [0.1, 0.15) is 47.5 Å². The molecule has 108 valence electrons. The molecule has 1 atom stereocenters. The molecule has 6 nitrogen and oxygen atoms in total. The number of esters is 2. The lowest BCUT2D eigenvalue weighted by Crippen LogP contribution is -2.37. The molecule has 0 aliphatic carbocycles. The molecule has 0 bridgehead atoms. The first-order chi connectivity index (χ1) is 8.59. The maximum atomic E-state index is 11.7. The molecule has 0 radical (unpaired) electrons. The summed E-state index contributed by atoms with van der Waals surface area (Å²) in [6.07, 6.45) is -0.0729. The quantitative estimate of drug-likeness (QED) is 0.395. The van der Waals surface area contributed by atoms with Crippen LogP contribution < -0.4 is 0 Å². The van der Waals surface area contributed by atoms with Gasteiger partial charge in [-0.15, -0.1) is 0 Å². The Morgan fingerprint density at radius 2 is 1.58 bits per heavy atom. The highest BCUT2D eigenvalue weighted by atomic mass is 16.7. The van der Waals surface area contributed by atoms with Crippen LogP contribution in [0.5, 0.6) is 0 Å². The largest absolute Gasteiger partial charge is 0.423 e. The smallest absolute Gasteiger partial charge is 0.319 e. The summed E-state index contributed by atoms with van der Waals surface area (Å²) >= 11 is 0. The van der Waals surface area contributed by atoms with Crippen molar-refractivity contribution in [2.75, 3.05) is 0 Å². The lowest BCUT2D eigenvalue weighted by Gasteiger charge is -2.26. The molecule has 0 amide bonds. The summed E-state index contributed by atoms with van der Waals surface area (Å²) in [7, 11) is 0. The number of carbonyl (C=O) groups excluding carboxylic acids is 4. The van der Waals surface area contributed by atoms with Gasteiger partial charge in [0.2, 0.25) is 0 Å². The molecule has 0 rings (SSSR count). The van der Waals surface area contributed by atoms with Gasteiger partial charge in [0.15, 0.2) is 0 Å². The third-order valence-electron chi connectivity index (χ3n) is 2.28. The van der Waals surface area contributed by atoms with Crippen LogP contribution in [0, 0.1) is 5.92 Å². The van der Waals surface area contributed by atoms with Crippen molar-refractivity contribution in [3.8, 4) is 0 Å². The van der Waals surface area contributed by atoms with Gasteiger partial charge in [0.1, 0.15) is 23.9 Å². The summed E-state index contributed by atoms with van der Waals surface area (Å²) in [6, 6.07) is 0. The van der Waals surface area contributed by atoms with Crippen molar-refractivity contribution in [2.45, 2.75) is 53.2 Å². The minimum Gasteiger partial charge on any atom is -0.423 e. The van der Waals surface area contributed by atoms with E-state index in [0.717, 1.165) is 0 Å². The molecule has 0 saturated heterocycles. The number of carbonyl (C=O) groups is 4. The number of ketones is 2. The van der Waals surface area contributed by atoms with Crippen molar-refractivity contribution < 1.29 is 28.7 Å². The van der Waals surface area contributed by atoms with Gasteiger partial charge in [-0.3, -0.25) is 19.2 Å². The Balaban J connectivity index is 4.59. The van der Waals surface area contributed by atoms with E-state index >= 15 is 0 Å². The predicted octanol–water partition coefficient (Wildman–Crippen LogP) is 1.40. The highest BCUT2D eigenvalue weighted by molar-refractivity contribution is 5.98. The summed E-state index contributed by atoms with van der Waals surface area (Å²) in [4.78, 5) is 45.0. The first kappa shape index (κ1) is 17.3. The SMILES string of the molecule is CCC(C(C)=O)C(=O)OC(C)(C)OC(=O)CC(C)=O. The Morgan fingerprint density at radius 1 is 1.05 bits per heavy atom. The molecule has 19 heavy (non-hydrogen) atoms. The first-order valence-corrected chi connectivity index (χ1v) is 6.03. The predicted molar refractivity (Wildman–Crippen MR) is 66.0 cm³/mol. The molecule has 0 saturated carbocycles. The van der Waals surface area contributed by atoms with E-state index in [4.69, 9.17) is 9.47 Å². The zero-order valence-electron chi connectivity index (χ0n) is 11.9. The maximum Gasteiger partial charge on any atom is 0.319 e. The van der Waals surface area contributed by atoms with Crippen LogP contribution in [0.2, 0.25) is 0 Å².